The number of hydrogen-bond acceptors (Lipinski definition) is 5. The number of carbonyl (C=O) groups excluding carboxylic acids is 1. The van der Waals surface area contributed by atoms with Gasteiger partial charge < -0.3 is 19.5 Å². The second-order valence-corrected chi connectivity index (χ2v) is 12.3. The molecule has 2 aliphatic carbocycles. The highest BCUT2D eigenvalue weighted by Gasteiger charge is 2.73. The van der Waals surface area contributed by atoms with Gasteiger partial charge in [0.05, 0.1) is 29.7 Å². The van der Waals surface area contributed by atoms with Crippen molar-refractivity contribution in [3.05, 3.63) is 77.4 Å². The van der Waals surface area contributed by atoms with Gasteiger partial charge in [0.15, 0.2) is 11.5 Å². The summed E-state index contributed by atoms with van der Waals surface area (Å²) < 4.78 is 52.4. The summed E-state index contributed by atoms with van der Waals surface area (Å²) in [6.07, 6.45) is 3.77. The van der Waals surface area contributed by atoms with Crippen molar-refractivity contribution in [2.75, 3.05) is 26.7 Å². The Morgan fingerprint density at radius 2 is 2.09 bits per heavy atom. The first-order valence-electron chi connectivity index (χ1n) is 15.2. The molecule has 2 aromatic carbocycles. The number of aliphatic hydroxyl groups is 1. The van der Waals surface area contributed by atoms with E-state index in [1.54, 1.807) is 13.2 Å². The Bertz CT molecular complexity index is 1440. The highest BCUT2D eigenvalue weighted by molar-refractivity contribution is 5.92. The van der Waals surface area contributed by atoms with Crippen molar-refractivity contribution in [1.82, 2.24) is 9.80 Å². The van der Waals surface area contributed by atoms with Crippen LogP contribution in [0.3, 0.4) is 0 Å². The van der Waals surface area contributed by atoms with Crippen LogP contribution in [0.5, 0.6) is 11.5 Å². The van der Waals surface area contributed by atoms with E-state index < -0.39 is 28.9 Å². The quantitative estimate of drug-likeness (QED) is 0.295. The van der Waals surface area contributed by atoms with Crippen molar-refractivity contribution in [3.8, 4) is 11.5 Å². The number of unbranched alkanes of at least 4 members (excludes halogenated alkanes) is 1. The number of likely N-dealkylation sites (tertiary alicyclic amines) is 1. The molecule has 1 saturated heterocycles. The van der Waals surface area contributed by atoms with Crippen LogP contribution in [0.2, 0.25) is 0 Å². The molecule has 1 saturated carbocycles. The predicted molar refractivity (Wildman–Crippen MR) is 158 cm³/mol. The van der Waals surface area contributed by atoms with E-state index in [1.807, 2.05) is 17.0 Å². The molecule has 1 amide bonds. The van der Waals surface area contributed by atoms with Gasteiger partial charge in [-0.05, 0) is 74.1 Å². The van der Waals surface area contributed by atoms with Gasteiger partial charge in [-0.3, -0.25) is 9.69 Å². The maximum Gasteiger partial charge on any atom is 0.416 e. The van der Waals surface area contributed by atoms with Crippen LogP contribution in [0, 0.1) is 0 Å². The van der Waals surface area contributed by atoms with E-state index in [9.17, 15) is 23.1 Å². The molecule has 230 valence electrons. The number of rotatable bonds is 9. The fourth-order valence-electron chi connectivity index (χ4n) is 8.31. The molecule has 6 rings (SSSR count). The van der Waals surface area contributed by atoms with Gasteiger partial charge >= 0.3 is 6.18 Å². The lowest BCUT2D eigenvalue weighted by Gasteiger charge is -2.64. The van der Waals surface area contributed by atoms with E-state index >= 15 is 0 Å². The van der Waals surface area contributed by atoms with Gasteiger partial charge in [0.1, 0.15) is 6.10 Å². The molecule has 5 atom stereocenters. The average molecular weight is 597 g/mol. The minimum atomic E-state index is -4.47. The molecule has 6 nitrogen and oxygen atoms in total. The summed E-state index contributed by atoms with van der Waals surface area (Å²) in [5.74, 6) is 1.00. The summed E-state index contributed by atoms with van der Waals surface area (Å²) >= 11 is 0. The molecule has 1 spiro atoms. The summed E-state index contributed by atoms with van der Waals surface area (Å²) in [7, 11) is 1.61. The minimum absolute atomic E-state index is 0.112. The summed E-state index contributed by atoms with van der Waals surface area (Å²) in [5.41, 5.74) is -0.0799. The lowest BCUT2D eigenvalue weighted by atomic mass is 9.48. The lowest BCUT2D eigenvalue weighted by molar-refractivity contribution is -0.199. The Labute approximate surface area is 250 Å². The molecule has 2 aromatic rings. The summed E-state index contributed by atoms with van der Waals surface area (Å²) in [6, 6.07) is 8.52. The highest BCUT2D eigenvalue weighted by Crippen LogP contribution is 2.66. The van der Waals surface area contributed by atoms with E-state index in [1.165, 1.54) is 18.2 Å². The number of amides is 1. The van der Waals surface area contributed by atoms with Crippen LogP contribution in [-0.4, -0.2) is 71.3 Å². The Morgan fingerprint density at radius 1 is 1.28 bits per heavy atom. The second kappa shape index (κ2) is 11.0. The van der Waals surface area contributed by atoms with Crippen molar-refractivity contribution in [3.63, 3.8) is 0 Å². The Morgan fingerprint density at radius 3 is 2.81 bits per heavy atom. The summed E-state index contributed by atoms with van der Waals surface area (Å²) in [5, 5.41) is 12.7. The third-order valence-electron chi connectivity index (χ3n) is 10.2. The molecular formula is C34H39F3N2O4. The first-order chi connectivity index (χ1) is 20.6. The van der Waals surface area contributed by atoms with Gasteiger partial charge in [-0.1, -0.05) is 37.6 Å². The third kappa shape index (κ3) is 4.58. The summed E-state index contributed by atoms with van der Waals surface area (Å²) in [4.78, 5) is 18.0. The molecule has 2 unspecified atom stereocenters. The third-order valence-corrected chi connectivity index (χ3v) is 10.2. The number of carbonyl (C=O) groups is 1. The number of piperidine rings is 1. The van der Waals surface area contributed by atoms with Crippen LogP contribution in [0.15, 0.2) is 55.1 Å². The van der Waals surface area contributed by atoms with Crippen LogP contribution < -0.4 is 9.47 Å². The lowest BCUT2D eigenvalue weighted by Crippen LogP contribution is -2.78. The van der Waals surface area contributed by atoms with Crippen LogP contribution in [-0.2, 0) is 22.8 Å². The van der Waals surface area contributed by atoms with E-state index in [-0.39, 0.29) is 18.0 Å². The Balaban J connectivity index is 1.39. The fourth-order valence-corrected chi connectivity index (χ4v) is 8.31. The highest BCUT2D eigenvalue weighted by atomic mass is 19.4. The normalized spacial score (nSPS) is 29.2. The predicted octanol–water partition coefficient (Wildman–Crippen LogP) is 5.76. The number of halogens is 3. The first-order valence-corrected chi connectivity index (χ1v) is 15.2. The zero-order valence-electron chi connectivity index (χ0n) is 24.7. The largest absolute Gasteiger partial charge is 0.493 e. The van der Waals surface area contributed by atoms with Gasteiger partial charge in [-0.25, -0.2) is 0 Å². The molecule has 1 N–H and O–H groups in total. The first kappa shape index (κ1) is 29.8. The van der Waals surface area contributed by atoms with Crippen molar-refractivity contribution in [1.29, 1.82) is 0 Å². The van der Waals surface area contributed by atoms with Gasteiger partial charge in [0, 0.05) is 30.8 Å². The number of hydrogen-bond donors (Lipinski definition) is 1. The van der Waals surface area contributed by atoms with E-state index in [2.05, 4.69) is 24.5 Å². The fraction of sp³-hybridized carbons (Fsp3) is 0.500. The van der Waals surface area contributed by atoms with Gasteiger partial charge in [-0.2, -0.15) is 13.2 Å². The smallest absolute Gasteiger partial charge is 0.416 e. The molecule has 2 fully saturated rings. The molecule has 2 aliphatic heterocycles. The van der Waals surface area contributed by atoms with E-state index in [0.29, 0.717) is 55.8 Å². The topological polar surface area (TPSA) is 62.2 Å². The Kier molecular flexibility index (Phi) is 7.62. The number of ether oxygens (including phenoxy) is 2. The minimum Gasteiger partial charge on any atom is -0.493 e. The average Bonchev–Trinajstić information content (AvgIpc) is 3.34. The monoisotopic (exact) mass is 596 g/mol. The number of benzene rings is 2. The molecule has 43 heavy (non-hydrogen) atoms. The van der Waals surface area contributed by atoms with Crippen molar-refractivity contribution in [2.24, 2.45) is 0 Å². The van der Waals surface area contributed by atoms with Crippen molar-refractivity contribution in [2.45, 2.75) is 80.8 Å². The number of methoxy groups -OCH3 is 1. The standard InChI is InChI=1S/C34H39F3N2O4/c1-4-6-18-39(28(40)13-10-22-8-7-9-24(20-22)34(35,36)37)25-14-15-33(41)27-21-23-11-12-26(42-3)30-29(23)32(33,31(25)43-30)16-19-38(27)17-5-2/h5,7-13,20,25,27,31,41H,2,4,6,14-19,21H2,1,3H3/b13-10+/t25?,27-,31?,32+,33-/m1/s1. The van der Waals surface area contributed by atoms with E-state index in [4.69, 9.17) is 9.47 Å². The molecule has 2 heterocycles. The van der Waals surface area contributed by atoms with Crippen molar-refractivity contribution < 1.29 is 32.5 Å². The number of alkyl halides is 3. The molecule has 2 bridgehead atoms. The van der Waals surface area contributed by atoms with Crippen LogP contribution in [0.4, 0.5) is 13.2 Å². The second-order valence-electron chi connectivity index (χ2n) is 12.3. The zero-order valence-corrected chi connectivity index (χ0v) is 24.7. The molecule has 4 aliphatic rings. The Hall–Kier alpha value is -3.30. The van der Waals surface area contributed by atoms with E-state index in [0.717, 1.165) is 42.6 Å². The van der Waals surface area contributed by atoms with Crippen LogP contribution in [0.1, 0.15) is 61.3 Å². The molecule has 9 heteroatoms. The zero-order chi connectivity index (χ0) is 30.6. The molecular weight excluding hydrogens is 557 g/mol. The number of nitrogens with zero attached hydrogens (tertiary/aromatic N) is 2. The molecule has 0 aromatic heterocycles. The molecule has 0 radical (unpaired) electrons. The van der Waals surface area contributed by atoms with Crippen LogP contribution >= 0.6 is 0 Å². The van der Waals surface area contributed by atoms with Gasteiger partial charge in [0.2, 0.25) is 5.91 Å². The maximum absolute atomic E-state index is 13.9. The van der Waals surface area contributed by atoms with Crippen molar-refractivity contribution >= 4 is 12.0 Å². The van der Waals surface area contributed by atoms with Gasteiger partial charge in [-0.15, -0.1) is 6.58 Å². The SMILES string of the molecule is C=CCN1CC[C@]23c4c5ccc(OC)c4OC2C(N(CCCC)C(=O)/C=C/c2cccc(C(F)(F)F)c2)CC[C@@]3(O)[C@H]1C5. The maximum atomic E-state index is 13.9. The van der Waals surface area contributed by atoms with Crippen LogP contribution in [0.25, 0.3) is 6.08 Å². The summed E-state index contributed by atoms with van der Waals surface area (Å²) in [6.45, 7) is 7.92. The van der Waals surface area contributed by atoms with Gasteiger partial charge in [0.25, 0.3) is 0 Å².